The molecule has 3 nitrogen and oxygen atoms in total. The van der Waals surface area contributed by atoms with E-state index in [2.05, 4.69) is 133 Å². The summed E-state index contributed by atoms with van der Waals surface area (Å²) in [5, 5.41) is 7.97. The summed E-state index contributed by atoms with van der Waals surface area (Å²) < 4.78 is 1.15. The zero-order valence-corrected chi connectivity index (χ0v) is 31.0. The molecule has 3 N–H and O–H groups in total. The minimum Gasteiger partial charge on any atom is -0.357 e. The highest BCUT2D eigenvalue weighted by Gasteiger charge is 2.37. The molecule has 0 saturated heterocycles. The Morgan fingerprint density at radius 3 is 1.49 bits per heavy atom. The molecular formula is C47H52BrN3. The van der Waals surface area contributed by atoms with E-state index in [1.54, 1.807) is 0 Å². The topological polar surface area (TPSA) is 53.1 Å². The number of fused-ring (bicyclic) bond motifs is 1. The summed E-state index contributed by atoms with van der Waals surface area (Å²) in [6.45, 7) is 8.87. The van der Waals surface area contributed by atoms with E-state index in [0.29, 0.717) is 23.6 Å². The maximum absolute atomic E-state index is 7.97. The largest absolute Gasteiger partial charge is 0.357 e. The Morgan fingerprint density at radius 2 is 1.02 bits per heavy atom. The smallest absolute Gasteiger partial charge is 0.0799 e. The fraction of sp³-hybridized carbons (Fsp3) is 0.213. The second-order valence-electron chi connectivity index (χ2n) is 13.0. The van der Waals surface area contributed by atoms with Gasteiger partial charge in [0.25, 0.3) is 0 Å². The van der Waals surface area contributed by atoms with Crippen LogP contribution in [-0.4, -0.2) is 17.8 Å². The van der Waals surface area contributed by atoms with E-state index in [9.17, 15) is 0 Å². The first-order valence-corrected chi connectivity index (χ1v) is 18.2. The van der Waals surface area contributed by atoms with Gasteiger partial charge in [-0.3, -0.25) is 5.41 Å². The average molecular weight is 739 g/mol. The highest BCUT2D eigenvalue weighted by Crippen LogP contribution is 2.46. The van der Waals surface area contributed by atoms with Crippen molar-refractivity contribution < 1.29 is 0 Å². The van der Waals surface area contributed by atoms with Crippen molar-refractivity contribution in [2.24, 2.45) is 5.73 Å². The van der Waals surface area contributed by atoms with Gasteiger partial charge in [0.15, 0.2) is 0 Å². The van der Waals surface area contributed by atoms with Gasteiger partial charge in [-0.05, 0) is 65.3 Å². The Morgan fingerprint density at radius 1 is 0.608 bits per heavy atom. The van der Waals surface area contributed by atoms with Crippen LogP contribution in [0.1, 0.15) is 86.4 Å². The second kappa shape index (κ2) is 19.0. The quantitative estimate of drug-likeness (QED) is 0.160. The summed E-state index contributed by atoms with van der Waals surface area (Å²) in [7, 11) is 0. The van der Waals surface area contributed by atoms with Crippen LogP contribution < -0.4 is 10.6 Å². The number of nitrogens with two attached hydrogens (primary N) is 1. The molecule has 0 spiro atoms. The number of para-hydroxylation sites is 1. The molecule has 0 bridgehead atoms. The molecule has 4 atom stereocenters. The van der Waals surface area contributed by atoms with Crippen molar-refractivity contribution in [3.05, 3.63) is 208 Å². The van der Waals surface area contributed by atoms with Crippen LogP contribution in [0.5, 0.6) is 0 Å². The maximum Gasteiger partial charge on any atom is 0.0799 e. The molecule has 0 amide bonds. The third-order valence-corrected chi connectivity index (χ3v) is 10.4. The van der Waals surface area contributed by atoms with Crippen molar-refractivity contribution in [2.75, 3.05) is 4.90 Å². The number of halogens is 1. The molecule has 7 rings (SSSR count). The molecule has 0 aromatic heterocycles. The molecule has 0 saturated carbocycles. The molecule has 51 heavy (non-hydrogen) atoms. The zero-order chi connectivity index (χ0) is 35.5. The highest BCUT2D eigenvalue weighted by atomic mass is 79.9. The highest BCUT2D eigenvalue weighted by molar-refractivity contribution is 9.10. The Labute approximate surface area is 314 Å². The third-order valence-electron chi connectivity index (χ3n) is 9.69. The van der Waals surface area contributed by atoms with Gasteiger partial charge in [0, 0.05) is 28.2 Å². The number of anilines is 1. The Balaban J connectivity index is 0.000000185. The van der Waals surface area contributed by atoms with Crippen LogP contribution in [-0.2, 0) is 0 Å². The van der Waals surface area contributed by atoms with Crippen LogP contribution in [0.4, 0.5) is 5.69 Å². The summed E-state index contributed by atoms with van der Waals surface area (Å²) in [6.07, 6.45) is 0. The van der Waals surface area contributed by atoms with E-state index < -0.39 is 0 Å². The van der Waals surface area contributed by atoms with Gasteiger partial charge < -0.3 is 10.6 Å². The van der Waals surface area contributed by atoms with Crippen LogP contribution in [0.15, 0.2) is 174 Å². The number of rotatable bonds is 7. The van der Waals surface area contributed by atoms with Crippen molar-refractivity contribution >= 4 is 27.3 Å². The van der Waals surface area contributed by atoms with Gasteiger partial charge >= 0.3 is 0 Å². The van der Waals surface area contributed by atoms with E-state index in [1.165, 1.54) is 27.9 Å². The van der Waals surface area contributed by atoms with Crippen LogP contribution >= 0.6 is 15.9 Å². The lowest BCUT2D eigenvalue weighted by atomic mass is 9.95. The first kappa shape index (κ1) is 39.0. The van der Waals surface area contributed by atoms with Gasteiger partial charge in [-0.1, -0.05) is 195 Å². The van der Waals surface area contributed by atoms with Crippen molar-refractivity contribution in [1.82, 2.24) is 0 Å². The van der Waals surface area contributed by atoms with Crippen LogP contribution in [0.2, 0.25) is 0 Å². The predicted molar refractivity (Wildman–Crippen MR) is 223 cm³/mol. The molecule has 4 heteroatoms. The zero-order valence-electron chi connectivity index (χ0n) is 29.5. The van der Waals surface area contributed by atoms with Crippen LogP contribution in [0.25, 0.3) is 0 Å². The van der Waals surface area contributed by atoms with E-state index in [0.717, 1.165) is 15.6 Å². The number of nitrogens with zero attached hydrogens (tertiary/aromatic N) is 1. The van der Waals surface area contributed by atoms with Crippen molar-refractivity contribution in [3.8, 4) is 0 Å². The lowest BCUT2D eigenvalue weighted by Gasteiger charge is -2.36. The van der Waals surface area contributed by atoms with E-state index >= 15 is 0 Å². The fourth-order valence-electron chi connectivity index (χ4n) is 6.49. The Kier molecular flexibility index (Phi) is 14.5. The van der Waals surface area contributed by atoms with Gasteiger partial charge in [0.05, 0.1) is 11.8 Å². The minimum absolute atomic E-state index is 0. The minimum atomic E-state index is 0. The molecule has 6 aromatic carbocycles. The summed E-state index contributed by atoms with van der Waals surface area (Å²) >= 11 is 3.51. The van der Waals surface area contributed by atoms with Crippen molar-refractivity contribution in [2.45, 2.75) is 65.1 Å². The van der Waals surface area contributed by atoms with Gasteiger partial charge in [-0.15, -0.1) is 0 Å². The van der Waals surface area contributed by atoms with Crippen molar-refractivity contribution in [1.29, 1.82) is 5.41 Å². The van der Waals surface area contributed by atoms with E-state index in [4.69, 9.17) is 11.1 Å². The van der Waals surface area contributed by atoms with Crippen molar-refractivity contribution in [3.63, 3.8) is 0 Å². The number of hydrogen-bond donors (Lipinski definition) is 2. The molecule has 0 aliphatic carbocycles. The Hall–Kier alpha value is -4.77. The van der Waals surface area contributed by atoms with Crippen LogP contribution in [0.3, 0.4) is 0 Å². The third kappa shape index (κ3) is 9.72. The van der Waals surface area contributed by atoms with Crippen LogP contribution in [0, 0.1) is 5.41 Å². The normalized spacial score (nSPS) is 15.5. The summed E-state index contributed by atoms with van der Waals surface area (Å²) in [5.41, 5.74) is 15.1. The molecule has 0 fully saturated rings. The van der Waals surface area contributed by atoms with E-state index in [1.807, 2.05) is 85.8 Å². The van der Waals surface area contributed by atoms with Gasteiger partial charge in [-0.2, -0.15) is 0 Å². The molecular weight excluding hydrogens is 686 g/mol. The Bertz CT molecular complexity index is 1830. The number of nitrogens with one attached hydrogen (secondary N) is 1. The molecule has 1 aliphatic heterocycles. The first-order chi connectivity index (χ1) is 24.3. The number of hydrogen-bond acceptors (Lipinski definition) is 3. The maximum atomic E-state index is 7.97. The summed E-state index contributed by atoms with van der Waals surface area (Å²) in [5.74, 6) is 0.941. The lowest BCUT2D eigenvalue weighted by molar-refractivity contribution is 0.558. The standard InChI is InChI=1S/C23H23N.C13H11N.C10H14BrN.CH4/c1-17-18(2)24(22-16-10-9-15-21(17)22)23(19-11-5-3-6-12-19)20-13-7-4-8-14-20;14-13(11-7-3-1-4-8-11)12-9-5-2-6-10-12;1-7(8(2)12)9-5-3-4-6-10(9)11;/h3-18,23H,1-2H3;1-10,14H;3-8H,12H2,1-2H3;1H4/t17-,18+;;7-,8+;/m0.0./s1. The SMILES string of the molecule is C.C[C@@H]1c2ccccc2N(C(c2ccccc2)c2ccccc2)[C@@H]1C.C[C@H](c1ccccc1Br)[C@@H](C)N.N=C(c1ccccc1)c1ccccc1. The van der Waals surface area contributed by atoms with Gasteiger partial charge in [0.1, 0.15) is 0 Å². The van der Waals surface area contributed by atoms with Gasteiger partial charge in [-0.25, -0.2) is 0 Å². The molecule has 1 aliphatic rings. The predicted octanol–water partition coefficient (Wildman–Crippen LogP) is 12.4. The average Bonchev–Trinajstić information content (AvgIpc) is 3.42. The van der Waals surface area contributed by atoms with Gasteiger partial charge in [0.2, 0.25) is 0 Å². The summed E-state index contributed by atoms with van der Waals surface area (Å²) in [6, 6.07) is 59.3. The molecule has 6 aromatic rings. The fourth-order valence-corrected chi connectivity index (χ4v) is 7.14. The monoisotopic (exact) mass is 737 g/mol. The number of benzene rings is 6. The molecule has 262 valence electrons. The lowest BCUT2D eigenvalue weighted by Crippen LogP contribution is -2.35. The van der Waals surface area contributed by atoms with E-state index in [-0.39, 0.29) is 19.5 Å². The molecule has 0 unspecified atom stereocenters. The molecule has 0 radical (unpaired) electrons. The second-order valence-corrected chi connectivity index (χ2v) is 13.8. The summed E-state index contributed by atoms with van der Waals surface area (Å²) in [4.78, 5) is 2.60. The first-order valence-electron chi connectivity index (χ1n) is 17.4. The molecule has 1 heterocycles.